The zero-order chi connectivity index (χ0) is 14.1. The van der Waals surface area contributed by atoms with Gasteiger partial charge in [-0.3, -0.25) is 4.98 Å². The van der Waals surface area contributed by atoms with Gasteiger partial charge in [0, 0.05) is 16.2 Å². The zero-order valence-electron chi connectivity index (χ0n) is 10.5. The monoisotopic (exact) mass is 331 g/mol. The molecular weight excluding hydrogens is 322 g/mol. The lowest BCUT2D eigenvalue weighted by atomic mass is 10.1. The molecule has 2 heterocycles. The van der Waals surface area contributed by atoms with Crippen molar-refractivity contribution in [3.05, 3.63) is 46.6 Å². The maximum Gasteiger partial charge on any atom is 0.258 e. The lowest BCUT2D eigenvalue weighted by Gasteiger charge is -1.99. The van der Waals surface area contributed by atoms with Crippen LogP contribution in [0, 0.1) is 6.92 Å². The molecule has 0 radical (unpaired) electrons. The standard InChI is InChI=1S/C14H10BrN3O2/c1-8-6-9(2-5-12(8)19)14-17-13(18-20-14)11-4-3-10(15)7-16-11/h2-7,19H,1H3. The summed E-state index contributed by atoms with van der Waals surface area (Å²) < 4.78 is 6.12. The van der Waals surface area contributed by atoms with Crippen LogP contribution in [-0.2, 0) is 0 Å². The van der Waals surface area contributed by atoms with Gasteiger partial charge in [-0.05, 0) is 58.7 Å². The maximum absolute atomic E-state index is 9.52. The van der Waals surface area contributed by atoms with Crippen LogP contribution in [0.2, 0.25) is 0 Å². The highest BCUT2D eigenvalue weighted by Gasteiger charge is 2.12. The number of aromatic nitrogens is 3. The van der Waals surface area contributed by atoms with Crippen LogP contribution in [0.25, 0.3) is 23.0 Å². The average Bonchev–Trinajstić information content (AvgIpc) is 2.92. The van der Waals surface area contributed by atoms with Crippen molar-refractivity contribution in [3.8, 4) is 28.7 Å². The first-order valence-electron chi connectivity index (χ1n) is 5.89. The number of hydrogen-bond acceptors (Lipinski definition) is 5. The molecule has 100 valence electrons. The normalized spacial score (nSPS) is 10.7. The fourth-order valence-corrected chi connectivity index (χ4v) is 1.98. The van der Waals surface area contributed by atoms with Gasteiger partial charge in [-0.25, -0.2) is 0 Å². The van der Waals surface area contributed by atoms with E-state index < -0.39 is 0 Å². The van der Waals surface area contributed by atoms with Crippen molar-refractivity contribution in [1.29, 1.82) is 0 Å². The van der Waals surface area contributed by atoms with E-state index in [4.69, 9.17) is 4.52 Å². The van der Waals surface area contributed by atoms with Crippen molar-refractivity contribution < 1.29 is 9.63 Å². The quantitative estimate of drug-likeness (QED) is 0.777. The number of rotatable bonds is 2. The molecule has 0 bridgehead atoms. The molecule has 0 saturated carbocycles. The minimum Gasteiger partial charge on any atom is -0.508 e. The largest absolute Gasteiger partial charge is 0.508 e. The van der Waals surface area contributed by atoms with Gasteiger partial charge in [-0.2, -0.15) is 4.98 Å². The highest BCUT2D eigenvalue weighted by molar-refractivity contribution is 9.10. The number of halogens is 1. The van der Waals surface area contributed by atoms with Crippen LogP contribution in [0.5, 0.6) is 5.75 Å². The Kier molecular flexibility index (Phi) is 3.23. The van der Waals surface area contributed by atoms with Crippen LogP contribution < -0.4 is 0 Å². The first kappa shape index (κ1) is 12.8. The van der Waals surface area contributed by atoms with Gasteiger partial charge in [0.15, 0.2) is 0 Å². The fourth-order valence-electron chi connectivity index (χ4n) is 1.74. The summed E-state index contributed by atoms with van der Waals surface area (Å²) in [6, 6.07) is 8.80. The van der Waals surface area contributed by atoms with Crippen LogP contribution in [0.3, 0.4) is 0 Å². The molecule has 0 aliphatic carbocycles. The molecule has 0 aliphatic rings. The molecule has 0 spiro atoms. The summed E-state index contributed by atoms with van der Waals surface area (Å²) >= 11 is 3.32. The number of hydrogen-bond donors (Lipinski definition) is 1. The van der Waals surface area contributed by atoms with Crippen molar-refractivity contribution >= 4 is 15.9 Å². The molecule has 1 aromatic carbocycles. The van der Waals surface area contributed by atoms with E-state index in [-0.39, 0.29) is 5.75 Å². The molecule has 1 N–H and O–H groups in total. The number of nitrogens with zero attached hydrogens (tertiary/aromatic N) is 3. The second-order valence-corrected chi connectivity index (χ2v) is 5.20. The molecule has 5 nitrogen and oxygen atoms in total. The smallest absolute Gasteiger partial charge is 0.258 e. The van der Waals surface area contributed by atoms with Crippen molar-refractivity contribution in [1.82, 2.24) is 15.1 Å². The van der Waals surface area contributed by atoms with Gasteiger partial charge in [-0.1, -0.05) is 5.16 Å². The SMILES string of the molecule is Cc1cc(-c2nc(-c3ccc(Br)cn3)no2)ccc1O. The summed E-state index contributed by atoms with van der Waals surface area (Å²) in [7, 11) is 0. The number of phenols is 1. The Morgan fingerprint density at radius 3 is 2.75 bits per heavy atom. The third-order valence-electron chi connectivity index (χ3n) is 2.83. The Morgan fingerprint density at radius 1 is 1.20 bits per heavy atom. The Balaban J connectivity index is 1.97. The van der Waals surface area contributed by atoms with Crippen molar-refractivity contribution in [3.63, 3.8) is 0 Å². The van der Waals surface area contributed by atoms with Crippen LogP contribution in [-0.4, -0.2) is 20.2 Å². The van der Waals surface area contributed by atoms with Crippen molar-refractivity contribution in [2.24, 2.45) is 0 Å². The molecular formula is C14H10BrN3O2. The summed E-state index contributed by atoms with van der Waals surface area (Å²) in [4.78, 5) is 8.53. The van der Waals surface area contributed by atoms with Crippen LogP contribution >= 0.6 is 15.9 Å². The molecule has 0 amide bonds. The Labute approximate surface area is 123 Å². The first-order valence-corrected chi connectivity index (χ1v) is 6.68. The molecule has 2 aromatic heterocycles. The molecule has 6 heteroatoms. The number of phenolic OH excluding ortho intramolecular Hbond substituents is 1. The van der Waals surface area contributed by atoms with E-state index in [2.05, 4.69) is 31.1 Å². The van der Waals surface area contributed by atoms with E-state index in [0.29, 0.717) is 17.4 Å². The lowest BCUT2D eigenvalue weighted by Crippen LogP contribution is -1.85. The molecule has 0 aliphatic heterocycles. The first-order chi connectivity index (χ1) is 9.63. The van der Waals surface area contributed by atoms with Crippen LogP contribution in [0.1, 0.15) is 5.56 Å². The zero-order valence-corrected chi connectivity index (χ0v) is 12.1. The predicted octanol–water partition coefficient (Wildman–Crippen LogP) is 3.58. The average molecular weight is 332 g/mol. The van der Waals surface area contributed by atoms with Crippen LogP contribution in [0.15, 0.2) is 45.5 Å². The molecule has 0 saturated heterocycles. The van der Waals surface area contributed by atoms with Gasteiger partial charge in [0.05, 0.1) is 0 Å². The van der Waals surface area contributed by atoms with Crippen molar-refractivity contribution in [2.45, 2.75) is 6.92 Å². The number of benzene rings is 1. The van der Waals surface area contributed by atoms with E-state index >= 15 is 0 Å². The predicted molar refractivity (Wildman–Crippen MR) is 77.1 cm³/mol. The summed E-state index contributed by atoms with van der Waals surface area (Å²) in [5.74, 6) is 1.06. The molecule has 0 unspecified atom stereocenters. The second-order valence-electron chi connectivity index (χ2n) is 4.29. The van der Waals surface area contributed by atoms with E-state index in [0.717, 1.165) is 15.6 Å². The van der Waals surface area contributed by atoms with Gasteiger partial charge in [-0.15, -0.1) is 0 Å². The maximum atomic E-state index is 9.52. The Hall–Kier alpha value is -2.21. The topological polar surface area (TPSA) is 72.0 Å². The van der Waals surface area contributed by atoms with Gasteiger partial charge in [0.2, 0.25) is 5.82 Å². The number of aryl methyl sites for hydroxylation is 1. The van der Waals surface area contributed by atoms with E-state index in [1.54, 1.807) is 30.5 Å². The minimum absolute atomic E-state index is 0.239. The second kappa shape index (κ2) is 5.05. The minimum atomic E-state index is 0.239. The van der Waals surface area contributed by atoms with E-state index in [9.17, 15) is 5.11 Å². The van der Waals surface area contributed by atoms with Crippen LogP contribution in [0.4, 0.5) is 0 Å². The molecule has 3 rings (SSSR count). The van der Waals surface area contributed by atoms with Gasteiger partial charge >= 0.3 is 0 Å². The van der Waals surface area contributed by atoms with Gasteiger partial charge < -0.3 is 9.63 Å². The molecule has 20 heavy (non-hydrogen) atoms. The summed E-state index contributed by atoms with van der Waals surface area (Å²) in [5.41, 5.74) is 2.15. The highest BCUT2D eigenvalue weighted by Crippen LogP contribution is 2.25. The van der Waals surface area contributed by atoms with E-state index in [1.807, 2.05) is 13.0 Å². The highest BCUT2D eigenvalue weighted by atomic mass is 79.9. The molecule has 3 aromatic rings. The third-order valence-corrected chi connectivity index (χ3v) is 3.30. The Morgan fingerprint density at radius 2 is 2.05 bits per heavy atom. The van der Waals surface area contributed by atoms with Gasteiger partial charge in [0.1, 0.15) is 11.4 Å². The van der Waals surface area contributed by atoms with E-state index in [1.165, 1.54) is 0 Å². The molecule has 0 atom stereocenters. The molecule has 0 fully saturated rings. The lowest BCUT2D eigenvalue weighted by molar-refractivity contribution is 0.432. The fraction of sp³-hybridized carbons (Fsp3) is 0.0714. The number of aromatic hydroxyl groups is 1. The summed E-state index contributed by atoms with van der Waals surface area (Å²) in [6.45, 7) is 1.81. The van der Waals surface area contributed by atoms with Gasteiger partial charge in [0.25, 0.3) is 5.89 Å². The third kappa shape index (κ3) is 2.42. The summed E-state index contributed by atoms with van der Waals surface area (Å²) in [5, 5.41) is 13.4. The van der Waals surface area contributed by atoms with Crippen molar-refractivity contribution in [2.75, 3.05) is 0 Å². The Bertz CT molecular complexity index is 753. The summed E-state index contributed by atoms with van der Waals surface area (Å²) in [6.07, 6.45) is 1.68. The number of pyridine rings is 1.